The Balaban J connectivity index is 2.86. The average Bonchev–Trinajstić information content (AvgIpc) is 1.61. The molecule has 0 saturated heterocycles. The topological polar surface area (TPSA) is 12.4 Å². The number of alkyl halides is 1. The van der Waals surface area contributed by atoms with Crippen molar-refractivity contribution in [2.75, 3.05) is 12.4 Å². The van der Waals surface area contributed by atoms with Crippen molar-refractivity contribution in [1.29, 1.82) is 0 Å². The molecule has 0 aromatic carbocycles. The van der Waals surface area contributed by atoms with Crippen molar-refractivity contribution >= 4 is 17.5 Å². The minimum absolute atomic E-state index is 0.558. The highest BCUT2D eigenvalue weighted by Crippen LogP contribution is 1.71. The molecule has 0 saturated carbocycles. The van der Waals surface area contributed by atoms with Crippen LogP contribution < -0.4 is 0 Å². The van der Waals surface area contributed by atoms with Gasteiger partial charge in [-0.2, -0.15) is 0 Å². The third-order valence-electron chi connectivity index (χ3n) is 0.308. The third-order valence-corrected chi connectivity index (χ3v) is 0.477. The van der Waals surface area contributed by atoms with E-state index >= 15 is 0 Å². The van der Waals surface area contributed by atoms with Crippen LogP contribution in [0.15, 0.2) is 11.6 Å². The second-order valence-corrected chi connectivity index (χ2v) is 1.11. The lowest BCUT2D eigenvalue weighted by Crippen LogP contribution is -1.75. The first-order valence-corrected chi connectivity index (χ1v) is 2.20. The van der Waals surface area contributed by atoms with E-state index in [1.54, 1.807) is 0 Å². The quantitative estimate of drug-likeness (QED) is 0.366. The molecule has 0 bridgehead atoms. The Morgan fingerprint density at radius 3 is 2.67 bits per heavy atom. The molecule has 0 aromatic heterocycles. The molecule has 0 aliphatic rings. The Labute approximate surface area is 42.3 Å². The van der Waals surface area contributed by atoms with E-state index in [1.165, 1.54) is 0 Å². The standard InChI is InChI=1S/C4H6ClN/c1-2-6-4-3-5/h1,3-4H2. The van der Waals surface area contributed by atoms with Crippen LogP contribution in [0, 0.1) is 0 Å². The van der Waals surface area contributed by atoms with Gasteiger partial charge in [-0.15, -0.1) is 11.6 Å². The van der Waals surface area contributed by atoms with Crippen molar-refractivity contribution < 1.29 is 0 Å². The van der Waals surface area contributed by atoms with Crippen LogP contribution in [0.2, 0.25) is 0 Å². The van der Waals surface area contributed by atoms with Crippen LogP contribution in [0.3, 0.4) is 0 Å². The zero-order valence-corrected chi connectivity index (χ0v) is 4.20. The molecule has 0 rings (SSSR count). The molecule has 0 unspecified atom stereocenters. The van der Waals surface area contributed by atoms with Gasteiger partial charge in [0.05, 0.1) is 6.54 Å². The van der Waals surface area contributed by atoms with Crippen molar-refractivity contribution in [2.24, 2.45) is 4.99 Å². The fourth-order valence-electron chi connectivity index (χ4n) is 0.121. The van der Waals surface area contributed by atoms with Gasteiger partial charge >= 0.3 is 0 Å². The Morgan fingerprint density at radius 2 is 2.50 bits per heavy atom. The maximum absolute atomic E-state index is 5.22. The van der Waals surface area contributed by atoms with Gasteiger partial charge in [0.2, 0.25) is 0 Å². The molecule has 0 aliphatic carbocycles. The number of hydrogen-bond acceptors (Lipinski definition) is 1. The SMILES string of the molecule is C=C=NCCCl. The number of halogens is 1. The van der Waals surface area contributed by atoms with Crippen molar-refractivity contribution in [2.45, 2.75) is 0 Å². The van der Waals surface area contributed by atoms with Gasteiger partial charge in [-0.1, -0.05) is 0 Å². The Bertz CT molecular complexity index is 63.9. The van der Waals surface area contributed by atoms with Crippen LogP contribution in [0.25, 0.3) is 0 Å². The second kappa shape index (κ2) is 4.74. The minimum Gasteiger partial charge on any atom is -0.242 e. The summed E-state index contributed by atoms with van der Waals surface area (Å²) in [5.74, 6) is 2.92. The highest BCUT2D eigenvalue weighted by atomic mass is 35.5. The van der Waals surface area contributed by atoms with Gasteiger partial charge in [-0.25, -0.2) is 4.99 Å². The predicted molar refractivity (Wildman–Crippen MR) is 28.6 cm³/mol. The molecule has 0 fully saturated rings. The molecule has 6 heavy (non-hydrogen) atoms. The largest absolute Gasteiger partial charge is 0.242 e. The summed E-state index contributed by atoms with van der Waals surface area (Å²) in [7, 11) is 0. The van der Waals surface area contributed by atoms with Gasteiger partial charge in [0.15, 0.2) is 0 Å². The first kappa shape index (κ1) is 5.74. The van der Waals surface area contributed by atoms with E-state index in [2.05, 4.69) is 17.4 Å². The summed E-state index contributed by atoms with van der Waals surface area (Å²) in [5, 5.41) is 0. The number of nitrogens with zero attached hydrogens (tertiary/aromatic N) is 1. The average molecular weight is 104 g/mol. The minimum atomic E-state index is 0.558. The summed E-state index contributed by atoms with van der Waals surface area (Å²) in [6.07, 6.45) is 0. The maximum Gasteiger partial charge on any atom is 0.0619 e. The molecule has 0 heterocycles. The smallest absolute Gasteiger partial charge is 0.0619 e. The molecule has 0 aliphatic heterocycles. The van der Waals surface area contributed by atoms with Crippen LogP contribution in [-0.2, 0) is 0 Å². The number of hydrogen-bond donors (Lipinski definition) is 0. The van der Waals surface area contributed by atoms with Crippen LogP contribution in [0.1, 0.15) is 0 Å². The Morgan fingerprint density at radius 1 is 1.83 bits per heavy atom. The van der Waals surface area contributed by atoms with E-state index in [0.717, 1.165) is 0 Å². The van der Waals surface area contributed by atoms with E-state index in [-0.39, 0.29) is 0 Å². The van der Waals surface area contributed by atoms with Crippen molar-refractivity contribution in [1.82, 2.24) is 0 Å². The van der Waals surface area contributed by atoms with Crippen molar-refractivity contribution in [3.8, 4) is 0 Å². The molecular weight excluding hydrogens is 97.5 g/mol. The summed E-state index contributed by atoms with van der Waals surface area (Å²) < 4.78 is 0. The third kappa shape index (κ3) is 3.74. The zero-order chi connectivity index (χ0) is 4.83. The van der Waals surface area contributed by atoms with Gasteiger partial charge in [0.25, 0.3) is 0 Å². The molecule has 0 amide bonds. The molecule has 34 valence electrons. The second-order valence-electron chi connectivity index (χ2n) is 0.729. The van der Waals surface area contributed by atoms with E-state index in [1.807, 2.05) is 0 Å². The van der Waals surface area contributed by atoms with E-state index in [4.69, 9.17) is 11.6 Å². The monoisotopic (exact) mass is 103 g/mol. The van der Waals surface area contributed by atoms with Gasteiger partial charge in [0, 0.05) is 5.88 Å². The highest BCUT2D eigenvalue weighted by molar-refractivity contribution is 6.18. The van der Waals surface area contributed by atoms with Crippen LogP contribution >= 0.6 is 11.6 Å². The summed E-state index contributed by atoms with van der Waals surface area (Å²) in [6.45, 7) is 3.88. The molecule has 0 atom stereocenters. The van der Waals surface area contributed by atoms with Crippen LogP contribution in [0.4, 0.5) is 0 Å². The van der Waals surface area contributed by atoms with E-state index in [0.29, 0.717) is 12.4 Å². The lowest BCUT2D eigenvalue weighted by Gasteiger charge is -1.72. The Hall–Kier alpha value is -0.260. The van der Waals surface area contributed by atoms with Crippen LogP contribution in [-0.4, -0.2) is 18.3 Å². The summed E-state index contributed by atoms with van der Waals surface area (Å²) in [6, 6.07) is 0. The fourth-order valence-corrected chi connectivity index (χ4v) is 0.206. The summed E-state index contributed by atoms with van der Waals surface area (Å²) in [5.41, 5.74) is 0. The van der Waals surface area contributed by atoms with E-state index in [9.17, 15) is 0 Å². The van der Waals surface area contributed by atoms with Gasteiger partial charge in [-0.3, -0.25) is 0 Å². The summed E-state index contributed by atoms with van der Waals surface area (Å²) in [4.78, 5) is 3.60. The van der Waals surface area contributed by atoms with Gasteiger partial charge in [-0.05, 0) is 12.4 Å². The molecule has 0 N–H and O–H groups in total. The lowest BCUT2D eigenvalue weighted by molar-refractivity contribution is 1.15. The normalized spacial score (nSPS) is 6.83. The molecular formula is C4H6ClN. The summed E-state index contributed by atoms with van der Waals surface area (Å²) >= 11 is 5.22. The zero-order valence-electron chi connectivity index (χ0n) is 3.45. The van der Waals surface area contributed by atoms with E-state index < -0.39 is 0 Å². The fraction of sp³-hybridized carbons (Fsp3) is 0.500. The molecule has 0 spiro atoms. The van der Waals surface area contributed by atoms with Gasteiger partial charge < -0.3 is 0 Å². The predicted octanol–water partition coefficient (Wildman–Crippen LogP) is 1.08. The van der Waals surface area contributed by atoms with Crippen molar-refractivity contribution in [3.63, 3.8) is 0 Å². The molecule has 1 nitrogen and oxygen atoms in total. The number of rotatable bonds is 2. The number of aliphatic imine (C=N–C) groups is 1. The molecule has 0 aromatic rings. The molecule has 2 heteroatoms. The molecule has 0 radical (unpaired) electrons. The van der Waals surface area contributed by atoms with Crippen molar-refractivity contribution in [3.05, 3.63) is 6.58 Å². The first-order chi connectivity index (χ1) is 2.91. The Kier molecular flexibility index (Phi) is 4.53. The first-order valence-electron chi connectivity index (χ1n) is 1.66. The lowest BCUT2D eigenvalue weighted by atomic mass is 10.8. The maximum atomic E-state index is 5.22. The van der Waals surface area contributed by atoms with Crippen LogP contribution in [0.5, 0.6) is 0 Å². The van der Waals surface area contributed by atoms with Gasteiger partial charge in [0.1, 0.15) is 0 Å². The highest BCUT2D eigenvalue weighted by Gasteiger charge is 1.66.